The molecule has 2 heterocycles. The smallest absolute Gasteiger partial charge is 0.323 e. The van der Waals surface area contributed by atoms with E-state index in [2.05, 4.69) is 37.6 Å². The number of piperazine rings is 1. The van der Waals surface area contributed by atoms with E-state index in [0.717, 1.165) is 43.1 Å². The van der Waals surface area contributed by atoms with Gasteiger partial charge in [0, 0.05) is 49.3 Å². The van der Waals surface area contributed by atoms with Crippen LogP contribution in [-0.4, -0.2) is 44.3 Å². The number of carbonyl (C=O) groups excluding carboxylic acids is 1. The quantitative estimate of drug-likeness (QED) is 0.461. The summed E-state index contributed by atoms with van der Waals surface area (Å²) in [6.45, 7) is 3.36. The summed E-state index contributed by atoms with van der Waals surface area (Å²) in [5.41, 5.74) is 3.95. The molecule has 168 valence electrons. The molecule has 4 aromatic rings. The Bertz CT molecular complexity index is 1230. The summed E-state index contributed by atoms with van der Waals surface area (Å²) in [6.07, 6.45) is 0. The monoisotopic (exact) mass is 443 g/mol. The number of ether oxygens (including phenoxy) is 1. The summed E-state index contributed by atoms with van der Waals surface area (Å²) >= 11 is 0. The second kappa shape index (κ2) is 9.12. The van der Waals surface area contributed by atoms with Gasteiger partial charge >= 0.3 is 6.03 Å². The number of fused-ring (bicyclic) bond motifs is 1. The maximum Gasteiger partial charge on any atom is 0.323 e. The van der Waals surface area contributed by atoms with Crippen molar-refractivity contribution in [2.75, 3.05) is 53.7 Å². The number of anilines is 4. The van der Waals surface area contributed by atoms with E-state index in [1.165, 1.54) is 5.69 Å². The highest BCUT2D eigenvalue weighted by Gasteiger charge is 2.21. The molecule has 0 unspecified atom stereocenters. The number of nitrogens with zero attached hydrogens (tertiary/aromatic N) is 3. The summed E-state index contributed by atoms with van der Waals surface area (Å²) in [6, 6.07) is 23.2. The van der Waals surface area contributed by atoms with Crippen molar-refractivity contribution in [3.63, 3.8) is 0 Å². The number of oxazole rings is 1. The van der Waals surface area contributed by atoms with Crippen LogP contribution in [0.4, 0.5) is 27.9 Å². The number of carbonyl (C=O) groups is 1. The van der Waals surface area contributed by atoms with Gasteiger partial charge < -0.3 is 29.6 Å². The zero-order valence-electron chi connectivity index (χ0n) is 18.3. The molecule has 1 aromatic heterocycles. The van der Waals surface area contributed by atoms with E-state index in [0.29, 0.717) is 17.3 Å². The van der Waals surface area contributed by atoms with Crippen molar-refractivity contribution in [2.45, 2.75) is 0 Å². The Labute approximate surface area is 191 Å². The summed E-state index contributed by atoms with van der Waals surface area (Å²) in [4.78, 5) is 21.4. The lowest BCUT2D eigenvalue weighted by Crippen LogP contribution is -2.46. The van der Waals surface area contributed by atoms with Crippen LogP contribution < -0.4 is 25.2 Å². The van der Waals surface area contributed by atoms with Crippen molar-refractivity contribution < 1.29 is 13.9 Å². The van der Waals surface area contributed by atoms with Gasteiger partial charge in [-0.2, -0.15) is 4.98 Å². The first-order chi connectivity index (χ1) is 16.2. The molecule has 3 aromatic carbocycles. The standard InChI is InChI=1S/C25H25N5O3/c1-32-21-10-8-20(9-11-21)29-13-15-30(16-14-29)25-28-22-12-7-19(17-23(22)33-25)27-24(31)26-18-5-3-2-4-6-18/h2-12,17H,13-16H2,1H3,(H2,26,27,31). The molecule has 33 heavy (non-hydrogen) atoms. The van der Waals surface area contributed by atoms with Gasteiger partial charge in [0.15, 0.2) is 5.58 Å². The Morgan fingerprint density at radius 2 is 1.58 bits per heavy atom. The molecule has 1 aliphatic heterocycles. The molecule has 5 rings (SSSR count). The number of hydrogen-bond donors (Lipinski definition) is 2. The van der Waals surface area contributed by atoms with Crippen molar-refractivity contribution in [1.82, 2.24) is 4.98 Å². The van der Waals surface area contributed by atoms with Crippen LogP contribution in [0.2, 0.25) is 0 Å². The number of amides is 2. The van der Waals surface area contributed by atoms with Gasteiger partial charge in [0.25, 0.3) is 6.01 Å². The first kappa shape index (κ1) is 20.7. The maximum atomic E-state index is 12.3. The van der Waals surface area contributed by atoms with Crippen LogP contribution in [0, 0.1) is 0 Å². The molecule has 0 aliphatic carbocycles. The largest absolute Gasteiger partial charge is 0.497 e. The molecule has 1 fully saturated rings. The third-order valence-corrected chi connectivity index (χ3v) is 5.65. The highest BCUT2D eigenvalue weighted by Crippen LogP contribution is 2.27. The van der Waals surface area contributed by atoms with Crippen molar-refractivity contribution in [2.24, 2.45) is 0 Å². The van der Waals surface area contributed by atoms with Gasteiger partial charge in [0.2, 0.25) is 0 Å². The zero-order chi connectivity index (χ0) is 22.6. The van der Waals surface area contributed by atoms with Crippen LogP contribution >= 0.6 is 0 Å². The number of rotatable bonds is 5. The molecule has 0 radical (unpaired) electrons. The number of urea groups is 1. The van der Waals surface area contributed by atoms with Crippen LogP contribution in [0.25, 0.3) is 11.1 Å². The molecule has 0 saturated carbocycles. The molecule has 2 N–H and O–H groups in total. The van der Waals surface area contributed by atoms with Gasteiger partial charge in [-0.1, -0.05) is 18.2 Å². The summed E-state index contributed by atoms with van der Waals surface area (Å²) < 4.78 is 11.3. The van der Waals surface area contributed by atoms with Crippen LogP contribution in [-0.2, 0) is 0 Å². The highest BCUT2D eigenvalue weighted by atomic mass is 16.5. The van der Waals surface area contributed by atoms with E-state index in [1.54, 1.807) is 13.2 Å². The van der Waals surface area contributed by atoms with Gasteiger partial charge in [-0.05, 0) is 48.5 Å². The number of hydrogen-bond acceptors (Lipinski definition) is 6. The number of methoxy groups -OCH3 is 1. The average Bonchev–Trinajstić information content (AvgIpc) is 3.28. The number of para-hydroxylation sites is 1. The Morgan fingerprint density at radius 1 is 0.879 bits per heavy atom. The Morgan fingerprint density at radius 3 is 2.30 bits per heavy atom. The molecule has 1 saturated heterocycles. The highest BCUT2D eigenvalue weighted by molar-refractivity contribution is 6.00. The van der Waals surface area contributed by atoms with Crippen molar-refractivity contribution in [1.29, 1.82) is 0 Å². The average molecular weight is 444 g/mol. The number of benzene rings is 3. The minimum Gasteiger partial charge on any atom is -0.497 e. The molecular formula is C25H25N5O3. The van der Waals surface area contributed by atoms with Crippen molar-refractivity contribution >= 4 is 40.2 Å². The summed E-state index contributed by atoms with van der Waals surface area (Å²) in [5.74, 6) is 0.857. The van der Waals surface area contributed by atoms with E-state index < -0.39 is 0 Å². The molecule has 8 heteroatoms. The fraction of sp³-hybridized carbons (Fsp3) is 0.200. The first-order valence-electron chi connectivity index (χ1n) is 10.9. The number of nitrogens with one attached hydrogen (secondary N) is 2. The SMILES string of the molecule is COc1ccc(N2CCN(c3nc4ccc(NC(=O)Nc5ccccc5)cc4o3)CC2)cc1. The molecule has 0 spiro atoms. The van der Waals surface area contributed by atoms with Crippen LogP contribution in [0.5, 0.6) is 5.75 Å². The molecule has 0 bridgehead atoms. The van der Waals surface area contributed by atoms with Crippen LogP contribution in [0.1, 0.15) is 0 Å². The minimum atomic E-state index is -0.310. The molecule has 8 nitrogen and oxygen atoms in total. The summed E-state index contributed by atoms with van der Waals surface area (Å²) in [5, 5.41) is 5.64. The van der Waals surface area contributed by atoms with Crippen LogP contribution in [0.15, 0.2) is 77.2 Å². The fourth-order valence-corrected chi connectivity index (χ4v) is 3.89. The molecule has 1 aliphatic rings. The minimum absolute atomic E-state index is 0.310. The predicted octanol–water partition coefficient (Wildman–Crippen LogP) is 4.81. The Kier molecular flexibility index (Phi) is 5.72. The Balaban J connectivity index is 1.22. The molecule has 0 atom stereocenters. The van der Waals surface area contributed by atoms with Gasteiger partial charge in [0.1, 0.15) is 11.3 Å². The van der Waals surface area contributed by atoms with E-state index in [9.17, 15) is 4.79 Å². The number of aromatic nitrogens is 1. The predicted molar refractivity (Wildman–Crippen MR) is 131 cm³/mol. The first-order valence-corrected chi connectivity index (χ1v) is 10.9. The maximum absolute atomic E-state index is 12.3. The van der Waals surface area contributed by atoms with Gasteiger partial charge in [0.05, 0.1) is 7.11 Å². The van der Waals surface area contributed by atoms with Gasteiger partial charge in [-0.25, -0.2) is 4.79 Å². The third-order valence-electron chi connectivity index (χ3n) is 5.65. The second-order valence-corrected chi connectivity index (χ2v) is 7.80. The molecular weight excluding hydrogens is 418 g/mol. The van der Waals surface area contributed by atoms with Crippen molar-refractivity contribution in [3.8, 4) is 5.75 Å². The van der Waals surface area contributed by atoms with E-state index in [1.807, 2.05) is 54.6 Å². The van der Waals surface area contributed by atoms with E-state index in [-0.39, 0.29) is 6.03 Å². The Hall–Kier alpha value is -4.20. The van der Waals surface area contributed by atoms with E-state index >= 15 is 0 Å². The van der Waals surface area contributed by atoms with Gasteiger partial charge in [-0.3, -0.25) is 0 Å². The summed E-state index contributed by atoms with van der Waals surface area (Å²) in [7, 11) is 1.67. The van der Waals surface area contributed by atoms with Crippen molar-refractivity contribution in [3.05, 3.63) is 72.8 Å². The fourth-order valence-electron chi connectivity index (χ4n) is 3.89. The zero-order valence-corrected chi connectivity index (χ0v) is 18.3. The third kappa shape index (κ3) is 4.69. The lowest BCUT2D eigenvalue weighted by molar-refractivity contribution is 0.262. The lowest BCUT2D eigenvalue weighted by Gasteiger charge is -2.35. The van der Waals surface area contributed by atoms with E-state index in [4.69, 9.17) is 9.15 Å². The van der Waals surface area contributed by atoms with Crippen LogP contribution in [0.3, 0.4) is 0 Å². The van der Waals surface area contributed by atoms with Gasteiger partial charge in [-0.15, -0.1) is 0 Å². The second-order valence-electron chi connectivity index (χ2n) is 7.80. The lowest BCUT2D eigenvalue weighted by atomic mass is 10.2. The normalized spacial score (nSPS) is 13.7. The molecule has 2 amide bonds. The topological polar surface area (TPSA) is 82.9 Å².